The predicted molar refractivity (Wildman–Crippen MR) is 83.3 cm³/mol. The largest absolute Gasteiger partial charge is 0.508 e. The fraction of sp³-hybridized carbons (Fsp3) is 0.294. The predicted octanol–water partition coefficient (Wildman–Crippen LogP) is 1.83. The molecular formula is C17H19NO5. The molecule has 0 saturated carbocycles. The Morgan fingerprint density at radius 1 is 1.26 bits per heavy atom. The number of aromatic hydroxyl groups is 1. The summed E-state index contributed by atoms with van der Waals surface area (Å²) in [5.74, 6) is -2.50. The minimum absolute atomic E-state index is 0.0390. The molecule has 23 heavy (non-hydrogen) atoms. The van der Waals surface area contributed by atoms with Gasteiger partial charge < -0.3 is 19.9 Å². The van der Waals surface area contributed by atoms with E-state index in [9.17, 15) is 14.7 Å². The third-order valence-electron chi connectivity index (χ3n) is 3.86. The summed E-state index contributed by atoms with van der Waals surface area (Å²) in [6, 6.07) is 6.40. The number of methoxy groups -OCH3 is 2. The molecule has 0 amide bonds. The topological polar surface area (TPSA) is 84.9 Å². The molecule has 1 heterocycles. The normalized spacial score (nSPS) is 20.7. The highest BCUT2D eigenvalue weighted by Crippen LogP contribution is 2.41. The highest BCUT2D eigenvalue weighted by Gasteiger charge is 2.42. The first-order valence-corrected chi connectivity index (χ1v) is 7.02. The van der Waals surface area contributed by atoms with Gasteiger partial charge in [0.2, 0.25) is 0 Å². The Morgan fingerprint density at radius 3 is 2.52 bits per heavy atom. The molecule has 0 saturated heterocycles. The lowest BCUT2D eigenvalue weighted by Gasteiger charge is -2.34. The Kier molecular flexibility index (Phi) is 4.74. The summed E-state index contributed by atoms with van der Waals surface area (Å²) in [5, 5.41) is 12.7. The third-order valence-corrected chi connectivity index (χ3v) is 3.86. The maximum absolute atomic E-state index is 12.2. The van der Waals surface area contributed by atoms with Crippen molar-refractivity contribution in [2.75, 3.05) is 14.2 Å². The van der Waals surface area contributed by atoms with Crippen LogP contribution in [0.25, 0.3) is 0 Å². The van der Waals surface area contributed by atoms with E-state index >= 15 is 0 Å². The molecule has 1 aliphatic rings. The van der Waals surface area contributed by atoms with Gasteiger partial charge >= 0.3 is 11.9 Å². The maximum atomic E-state index is 12.2. The van der Waals surface area contributed by atoms with Crippen molar-refractivity contribution in [1.29, 1.82) is 0 Å². The Labute approximate surface area is 134 Å². The minimum atomic E-state index is -0.806. The lowest BCUT2D eigenvalue weighted by atomic mass is 9.75. The number of benzene rings is 1. The summed E-state index contributed by atoms with van der Waals surface area (Å²) in [4.78, 5) is 24.5. The van der Waals surface area contributed by atoms with Gasteiger partial charge in [0.1, 0.15) is 11.7 Å². The fourth-order valence-electron chi connectivity index (χ4n) is 2.86. The molecule has 2 atom stereocenters. The average Bonchev–Trinajstić information content (AvgIpc) is 2.52. The highest BCUT2D eigenvalue weighted by molar-refractivity contribution is 5.94. The summed E-state index contributed by atoms with van der Waals surface area (Å²) in [6.07, 6.45) is 0. The van der Waals surface area contributed by atoms with Gasteiger partial charge in [0, 0.05) is 17.3 Å². The van der Waals surface area contributed by atoms with Crippen molar-refractivity contribution >= 4 is 11.9 Å². The zero-order valence-electron chi connectivity index (χ0n) is 13.3. The monoisotopic (exact) mass is 317 g/mol. The summed E-state index contributed by atoms with van der Waals surface area (Å²) in [5.41, 5.74) is 1.88. The minimum Gasteiger partial charge on any atom is -0.508 e. The van der Waals surface area contributed by atoms with Gasteiger partial charge in [-0.05, 0) is 24.6 Å². The van der Waals surface area contributed by atoms with Crippen molar-refractivity contribution < 1.29 is 24.2 Å². The van der Waals surface area contributed by atoms with Gasteiger partial charge in [-0.3, -0.25) is 4.79 Å². The van der Waals surface area contributed by atoms with Crippen LogP contribution in [0.4, 0.5) is 0 Å². The molecule has 2 rings (SSSR count). The molecule has 2 N–H and O–H groups in total. The number of hydrogen-bond acceptors (Lipinski definition) is 6. The van der Waals surface area contributed by atoms with Crippen LogP contribution in [0.15, 0.2) is 47.8 Å². The molecular weight excluding hydrogens is 298 g/mol. The van der Waals surface area contributed by atoms with Gasteiger partial charge in [0.05, 0.1) is 19.8 Å². The van der Waals surface area contributed by atoms with E-state index in [4.69, 9.17) is 9.47 Å². The van der Waals surface area contributed by atoms with E-state index in [2.05, 4.69) is 11.9 Å². The van der Waals surface area contributed by atoms with E-state index in [0.717, 1.165) is 0 Å². The van der Waals surface area contributed by atoms with E-state index in [1.165, 1.54) is 26.4 Å². The average molecular weight is 317 g/mol. The van der Waals surface area contributed by atoms with Crippen LogP contribution >= 0.6 is 0 Å². The Balaban J connectivity index is 2.67. The van der Waals surface area contributed by atoms with Crippen LogP contribution in [-0.4, -0.2) is 31.3 Å². The number of carbonyl (C=O) groups is 2. The van der Waals surface area contributed by atoms with E-state index in [1.54, 1.807) is 19.1 Å². The van der Waals surface area contributed by atoms with Gasteiger partial charge in [0.25, 0.3) is 0 Å². The zero-order valence-corrected chi connectivity index (χ0v) is 13.3. The van der Waals surface area contributed by atoms with Crippen LogP contribution in [0.2, 0.25) is 0 Å². The van der Waals surface area contributed by atoms with E-state index < -0.39 is 23.8 Å². The van der Waals surface area contributed by atoms with Crippen LogP contribution in [-0.2, 0) is 19.1 Å². The Morgan fingerprint density at radius 2 is 1.96 bits per heavy atom. The van der Waals surface area contributed by atoms with Crippen molar-refractivity contribution in [1.82, 2.24) is 5.32 Å². The van der Waals surface area contributed by atoms with Gasteiger partial charge in [-0.2, -0.15) is 0 Å². The second kappa shape index (κ2) is 6.56. The molecule has 6 heteroatoms. The molecule has 0 spiro atoms. The van der Waals surface area contributed by atoms with Crippen molar-refractivity contribution in [3.05, 3.63) is 53.4 Å². The van der Waals surface area contributed by atoms with Gasteiger partial charge in [0.15, 0.2) is 0 Å². The molecule has 1 aromatic rings. The number of ether oxygens (including phenoxy) is 2. The number of esters is 2. The maximum Gasteiger partial charge on any atom is 0.336 e. The number of carbonyl (C=O) groups excluding carboxylic acids is 2. The van der Waals surface area contributed by atoms with Crippen LogP contribution in [0.3, 0.4) is 0 Å². The van der Waals surface area contributed by atoms with E-state index in [-0.39, 0.29) is 5.75 Å². The second-order valence-electron chi connectivity index (χ2n) is 5.25. The summed E-state index contributed by atoms with van der Waals surface area (Å²) >= 11 is 0. The van der Waals surface area contributed by atoms with Crippen molar-refractivity contribution in [2.45, 2.75) is 12.8 Å². The lowest BCUT2D eigenvalue weighted by molar-refractivity contribution is -0.145. The van der Waals surface area contributed by atoms with Gasteiger partial charge in [-0.25, -0.2) is 4.79 Å². The molecule has 2 unspecified atom stereocenters. The van der Waals surface area contributed by atoms with Gasteiger partial charge in [-0.15, -0.1) is 0 Å². The second-order valence-corrected chi connectivity index (χ2v) is 5.25. The first-order chi connectivity index (χ1) is 10.9. The number of phenols is 1. The molecule has 1 aromatic carbocycles. The number of hydrogen-bond donors (Lipinski definition) is 2. The molecule has 122 valence electrons. The number of rotatable bonds is 3. The van der Waals surface area contributed by atoms with Crippen LogP contribution in [0, 0.1) is 5.92 Å². The highest BCUT2D eigenvalue weighted by atomic mass is 16.5. The molecule has 0 aliphatic carbocycles. The molecule has 0 fully saturated rings. The van der Waals surface area contributed by atoms with Crippen molar-refractivity contribution in [3.8, 4) is 5.75 Å². The van der Waals surface area contributed by atoms with Gasteiger partial charge in [-0.1, -0.05) is 18.7 Å². The number of nitrogens with one attached hydrogen (secondary N) is 1. The van der Waals surface area contributed by atoms with E-state index in [0.29, 0.717) is 22.5 Å². The molecule has 1 aliphatic heterocycles. The number of allylic oxidation sites excluding steroid dienone is 1. The van der Waals surface area contributed by atoms with Crippen molar-refractivity contribution in [3.63, 3.8) is 0 Å². The van der Waals surface area contributed by atoms with Crippen molar-refractivity contribution in [2.24, 2.45) is 5.92 Å². The van der Waals surface area contributed by atoms with E-state index in [1.807, 2.05) is 0 Å². The van der Waals surface area contributed by atoms with Crippen LogP contribution in [0.5, 0.6) is 5.75 Å². The molecule has 6 nitrogen and oxygen atoms in total. The van der Waals surface area contributed by atoms with Crippen LogP contribution < -0.4 is 5.32 Å². The van der Waals surface area contributed by atoms with Crippen LogP contribution in [0.1, 0.15) is 18.4 Å². The fourth-order valence-corrected chi connectivity index (χ4v) is 2.86. The summed E-state index contributed by atoms with van der Waals surface area (Å²) in [6.45, 7) is 5.58. The Hall–Kier alpha value is -2.76. The lowest BCUT2D eigenvalue weighted by Crippen LogP contribution is -2.39. The summed E-state index contributed by atoms with van der Waals surface area (Å²) < 4.78 is 9.72. The number of phenolic OH excluding ortho intramolecular Hbond substituents is 1. The standard InChI is InChI=1S/C17H19NO5/c1-9-13(16(20)22-3)15(11-6-5-7-12(19)8-11)14(10(2)18-9)17(21)23-4/h5-8,13,15,18-19H,1H2,2-4H3. The third kappa shape index (κ3) is 3.06. The Bertz CT molecular complexity index is 692. The zero-order chi connectivity index (χ0) is 17.1. The first kappa shape index (κ1) is 16.6. The summed E-state index contributed by atoms with van der Waals surface area (Å²) in [7, 11) is 2.55. The first-order valence-electron chi connectivity index (χ1n) is 7.02. The quantitative estimate of drug-likeness (QED) is 0.827. The molecule has 0 radical (unpaired) electrons. The molecule has 0 aromatic heterocycles. The molecule has 0 bridgehead atoms. The SMILES string of the molecule is C=C1NC(C)=C(C(=O)OC)C(c2cccc(O)c2)C1C(=O)OC. The smallest absolute Gasteiger partial charge is 0.336 e.